The van der Waals surface area contributed by atoms with E-state index in [2.05, 4.69) is 15.5 Å². The highest BCUT2D eigenvalue weighted by molar-refractivity contribution is 7.86. The third-order valence-electron chi connectivity index (χ3n) is 5.42. The number of amides is 4. The number of thiazole rings is 1. The summed E-state index contributed by atoms with van der Waals surface area (Å²) in [5.74, 6) is -6.78. The van der Waals surface area contributed by atoms with Crippen LogP contribution < -0.4 is 21.9 Å². The monoisotopic (exact) mass is 651 g/mol. The normalized spacial score (nSPS) is 18.0. The minimum absolute atomic E-state index is 0.00191. The van der Waals surface area contributed by atoms with Crippen LogP contribution in [-0.4, -0.2) is 93.0 Å². The second kappa shape index (κ2) is 11.7. The molecule has 2 heterocycles. The van der Waals surface area contributed by atoms with Gasteiger partial charge in [-0.3, -0.25) is 39.1 Å². The van der Waals surface area contributed by atoms with Crippen LogP contribution in [0.25, 0.3) is 0 Å². The fraction of sp³-hybridized carbons (Fsp3) is 0.263. The van der Waals surface area contributed by atoms with Gasteiger partial charge in [0, 0.05) is 10.9 Å². The van der Waals surface area contributed by atoms with E-state index in [-0.39, 0.29) is 15.1 Å². The zero-order valence-corrected chi connectivity index (χ0v) is 23.5. The van der Waals surface area contributed by atoms with Gasteiger partial charge < -0.3 is 26.1 Å². The molecule has 0 bridgehead atoms. The Balaban J connectivity index is 1.70. The van der Waals surface area contributed by atoms with E-state index in [0.717, 1.165) is 18.3 Å². The van der Waals surface area contributed by atoms with Crippen LogP contribution >= 0.6 is 11.3 Å². The van der Waals surface area contributed by atoms with Crippen molar-refractivity contribution in [1.29, 1.82) is 0 Å². The summed E-state index contributed by atoms with van der Waals surface area (Å²) in [7, 11) is -9.90. The molecule has 3 rings (SSSR count). The Morgan fingerprint density at radius 2 is 1.81 bits per heavy atom. The first-order valence-corrected chi connectivity index (χ1v) is 14.7. The average molecular weight is 652 g/mol. The SMILES string of the molecule is CC(O/N=C(/C(=O)NC1C(=O)N(S(=O)(=O)O)C1C)c1csc(N)n1)C(=O)NNC(=O)c1cc(O)c(O)c(S(=O)(=O)O)c1. The van der Waals surface area contributed by atoms with Gasteiger partial charge in [0.25, 0.3) is 33.7 Å². The summed E-state index contributed by atoms with van der Waals surface area (Å²) in [5, 5.41) is 26.3. The van der Waals surface area contributed by atoms with Gasteiger partial charge >= 0.3 is 10.3 Å². The number of phenols is 2. The summed E-state index contributed by atoms with van der Waals surface area (Å²) < 4.78 is 63.6. The molecule has 3 atom stereocenters. The zero-order chi connectivity index (χ0) is 31.7. The molecule has 2 aromatic rings. The molecular formula is C19H21N7O13S3. The van der Waals surface area contributed by atoms with Crippen LogP contribution in [0.15, 0.2) is 27.6 Å². The smallest absolute Gasteiger partial charge is 0.362 e. The van der Waals surface area contributed by atoms with E-state index >= 15 is 0 Å². The number of rotatable bonds is 9. The Labute approximate surface area is 239 Å². The van der Waals surface area contributed by atoms with E-state index in [1.807, 2.05) is 10.9 Å². The first-order chi connectivity index (χ1) is 19.3. The Morgan fingerprint density at radius 1 is 1.17 bits per heavy atom. The maximum Gasteiger partial charge on any atom is 0.362 e. The maximum absolute atomic E-state index is 12.9. The first-order valence-electron chi connectivity index (χ1n) is 11.0. The summed E-state index contributed by atoms with van der Waals surface area (Å²) in [6.45, 7) is 2.36. The van der Waals surface area contributed by atoms with Crippen molar-refractivity contribution in [2.45, 2.75) is 36.9 Å². The summed E-state index contributed by atoms with van der Waals surface area (Å²) in [5.41, 5.74) is 8.00. The number of hydrogen-bond donors (Lipinski definition) is 8. The van der Waals surface area contributed by atoms with Gasteiger partial charge in [-0.15, -0.1) is 11.3 Å². The van der Waals surface area contributed by atoms with Crippen molar-refractivity contribution in [3.05, 3.63) is 28.8 Å². The quantitative estimate of drug-likeness (QED) is 0.0456. The fourth-order valence-corrected chi connectivity index (χ4v) is 5.36. The van der Waals surface area contributed by atoms with Gasteiger partial charge in [0.05, 0.1) is 6.04 Å². The second-order valence-electron chi connectivity index (χ2n) is 8.32. The molecule has 228 valence electrons. The van der Waals surface area contributed by atoms with E-state index < -0.39 is 89.9 Å². The van der Waals surface area contributed by atoms with Crippen LogP contribution in [0.2, 0.25) is 0 Å². The van der Waals surface area contributed by atoms with E-state index in [9.17, 15) is 46.2 Å². The molecule has 23 heteroatoms. The molecule has 0 saturated carbocycles. The highest BCUT2D eigenvalue weighted by Gasteiger charge is 2.51. The van der Waals surface area contributed by atoms with E-state index in [1.54, 1.807) is 0 Å². The number of aromatic hydroxyl groups is 2. The molecule has 1 aromatic carbocycles. The van der Waals surface area contributed by atoms with Crippen molar-refractivity contribution in [3.8, 4) is 11.5 Å². The number of oxime groups is 1. The highest BCUT2D eigenvalue weighted by atomic mass is 32.2. The molecule has 9 N–H and O–H groups in total. The fourth-order valence-electron chi connectivity index (χ4n) is 3.31. The minimum atomic E-state index is -5.04. The number of anilines is 1. The molecule has 1 fully saturated rings. The predicted molar refractivity (Wildman–Crippen MR) is 139 cm³/mol. The molecule has 1 aliphatic heterocycles. The van der Waals surface area contributed by atoms with E-state index in [0.29, 0.717) is 12.1 Å². The van der Waals surface area contributed by atoms with Crippen molar-refractivity contribution in [2.24, 2.45) is 5.16 Å². The van der Waals surface area contributed by atoms with Crippen LogP contribution in [-0.2, 0) is 39.6 Å². The van der Waals surface area contributed by atoms with Gasteiger partial charge in [-0.2, -0.15) is 16.8 Å². The molecule has 3 unspecified atom stereocenters. The van der Waals surface area contributed by atoms with Gasteiger partial charge in [-0.05, 0) is 26.0 Å². The number of phenolic OH excluding ortho intramolecular Hbond substituents is 2. The number of nitrogen functional groups attached to an aromatic ring is 1. The summed E-state index contributed by atoms with van der Waals surface area (Å²) in [6, 6.07) is -1.37. The molecule has 1 saturated heterocycles. The number of hydrazine groups is 1. The molecule has 0 radical (unpaired) electrons. The largest absolute Gasteiger partial charge is 0.504 e. The molecule has 0 aliphatic carbocycles. The Kier molecular flexibility index (Phi) is 8.92. The predicted octanol–water partition coefficient (Wildman–Crippen LogP) is -2.53. The topological polar surface area (TPSA) is 317 Å². The third-order valence-corrected chi connectivity index (χ3v) is 7.97. The second-order valence-corrected chi connectivity index (χ2v) is 11.9. The number of nitrogens with two attached hydrogens (primary N) is 1. The van der Waals surface area contributed by atoms with Crippen LogP contribution in [0, 0.1) is 0 Å². The zero-order valence-electron chi connectivity index (χ0n) is 21.1. The molecule has 1 aromatic heterocycles. The Morgan fingerprint density at radius 3 is 2.33 bits per heavy atom. The number of nitrogens with zero attached hydrogens (tertiary/aromatic N) is 3. The lowest BCUT2D eigenvalue weighted by Crippen LogP contribution is -2.71. The molecule has 4 amide bonds. The standard InChI is InChI=1S/C19H21N7O13S3/c1-6-12(18(32)26(6)42(36,37)38)22-17(31)13(9-5-40-19(20)21-9)25-39-7(2)15(29)23-24-16(30)8-3-10(27)14(28)11(4-8)41(33,34)35/h3-7,12,27-28H,1-2H3,(H2,20,21)(H,22,31)(H,23,29)(H,24,30)(H,33,34,35)(H,36,37,38)/b25-13+. The van der Waals surface area contributed by atoms with E-state index in [1.165, 1.54) is 12.3 Å². The summed E-state index contributed by atoms with van der Waals surface area (Å²) in [6.07, 6.45) is -1.54. The maximum atomic E-state index is 12.9. The van der Waals surface area contributed by atoms with Gasteiger partial charge in [0.2, 0.25) is 6.10 Å². The lowest BCUT2D eigenvalue weighted by atomic mass is 10.0. The molecule has 42 heavy (non-hydrogen) atoms. The minimum Gasteiger partial charge on any atom is -0.504 e. The number of aromatic nitrogens is 1. The van der Waals surface area contributed by atoms with Crippen LogP contribution in [0.1, 0.15) is 29.9 Å². The van der Waals surface area contributed by atoms with Crippen LogP contribution in [0.5, 0.6) is 11.5 Å². The van der Waals surface area contributed by atoms with Crippen molar-refractivity contribution < 1.29 is 60.2 Å². The van der Waals surface area contributed by atoms with Crippen molar-refractivity contribution in [2.75, 3.05) is 5.73 Å². The Hall–Kier alpha value is -4.58. The number of carbonyl (C=O) groups excluding carboxylic acids is 4. The summed E-state index contributed by atoms with van der Waals surface area (Å²) >= 11 is 0.897. The number of nitrogens with one attached hydrogen (secondary N) is 3. The van der Waals surface area contributed by atoms with Crippen LogP contribution in [0.3, 0.4) is 0 Å². The molecule has 0 spiro atoms. The van der Waals surface area contributed by atoms with Gasteiger partial charge in [-0.1, -0.05) is 5.16 Å². The van der Waals surface area contributed by atoms with Gasteiger partial charge in [-0.25, -0.2) is 9.29 Å². The van der Waals surface area contributed by atoms with Crippen molar-refractivity contribution in [3.63, 3.8) is 0 Å². The summed E-state index contributed by atoms with van der Waals surface area (Å²) in [4.78, 5) is 57.4. The number of benzene rings is 1. The average Bonchev–Trinajstić information content (AvgIpc) is 3.31. The molecule has 1 aliphatic rings. The Bertz CT molecular complexity index is 1700. The van der Waals surface area contributed by atoms with Crippen molar-refractivity contribution >= 4 is 66.2 Å². The number of β-lactam (4-membered cyclic amide) rings is 1. The molecular weight excluding hydrogens is 630 g/mol. The first kappa shape index (κ1) is 31.9. The third kappa shape index (κ3) is 6.82. The van der Waals surface area contributed by atoms with Crippen molar-refractivity contribution in [1.82, 2.24) is 25.5 Å². The number of hydrogen-bond acceptors (Lipinski definition) is 15. The molecule has 20 nitrogen and oxygen atoms in total. The lowest BCUT2D eigenvalue weighted by Gasteiger charge is -2.42. The lowest BCUT2D eigenvalue weighted by molar-refractivity contribution is -0.143. The van der Waals surface area contributed by atoms with Gasteiger partial charge in [0.1, 0.15) is 16.6 Å². The highest BCUT2D eigenvalue weighted by Crippen LogP contribution is 2.33. The van der Waals surface area contributed by atoms with Gasteiger partial charge in [0.15, 0.2) is 22.3 Å². The van der Waals surface area contributed by atoms with Crippen LogP contribution in [0.4, 0.5) is 5.13 Å². The number of carbonyl (C=O) groups is 4. The van der Waals surface area contributed by atoms with E-state index in [4.69, 9.17) is 19.7 Å².